The maximum atomic E-state index is 13.8. The molecule has 2 heterocycles. The number of halogens is 2. The van der Waals surface area contributed by atoms with Crippen LogP contribution in [0.5, 0.6) is 11.5 Å². The third-order valence-electron chi connectivity index (χ3n) is 5.69. The van der Waals surface area contributed by atoms with Gasteiger partial charge in [-0.05, 0) is 60.4 Å². The van der Waals surface area contributed by atoms with E-state index in [2.05, 4.69) is 5.32 Å². The van der Waals surface area contributed by atoms with Gasteiger partial charge in [0, 0.05) is 31.7 Å². The number of amides is 2. The Hall–Kier alpha value is -2.67. The SMILES string of the molecule is CCC(F)(F)c1ccc(Oc2ccc3c(c2)CN(C(=O)NC2CCOC2)CC3)cc1. The highest BCUT2D eigenvalue weighted by Crippen LogP contribution is 2.33. The fourth-order valence-corrected chi connectivity index (χ4v) is 3.79. The number of alkyl halides is 2. The smallest absolute Gasteiger partial charge is 0.318 e. The molecule has 0 aromatic heterocycles. The van der Waals surface area contributed by atoms with Crippen molar-refractivity contribution in [2.45, 2.75) is 44.7 Å². The van der Waals surface area contributed by atoms with E-state index in [-0.39, 0.29) is 24.1 Å². The summed E-state index contributed by atoms with van der Waals surface area (Å²) in [5.74, 6) is -1.72. The molecular formula is C23H26F2N2O3. The molecule has 2 amide bonds. The van der Waals surface area contributed by atoms with Gasteiger partial charge in [0.1, 0.15) is 11.5 Å². The van der Waals surface area contributed by atoms with Gasteiger partial charge < -0.3 is 19.7 Å². The summed E-state index contributed by atoms with van der Waals surface area (Å²) >= 11 is 0. The molecule has 5 nitrogen and oxygen atoms in total. The second-order valence-electron chi connectivity index (χ2n) is 7.80. The average molecular weight is 416 g/mol. The lowest BCUT2D eigenvalue weighted by Crippen LogP contribution is -2.46. The molecule has 7 heteroatoms. The molecular weight excluding hydrogens is 390 g/mol. The first kappa shape index (κ1) is 20.6. The van der Waals surface area contributed by atoms with E-state index in [9.17, 15) is 13.6 Å². The molecule has 2 aromatic carbocycles. The lowest BCUT2D eigenvalue weighted by molar-refractivity contribution is -0.00830. The predicted molar refractivity (Wildman–Crippen MR) is 109 cm³/mol. The van der Waals surface area contributed by atoms with Crippen molar-refractivity contribution in [2.75, 3.05) is 19.8 Å². The summed E-state index contributed by atoms with van der Waals surface area (Å²) in [4.78, 5) is 14.3. The van der Waals surface area contributed by atoms with Crippen LogP contribution in [0.2, 0.25) is 0 Å². The number of nitrogens with zero attached hydrogens (tertiary/aromatic N) is 1. The van der Waals surface area contributed by atoms with Gasteiger partial charge in [-0.1, -0.05) is 13.0 Å². The molecule has 0 aliphatic carbocycles. The first-order valence-corrected chi connectivity index (χ1v) is 10.4. The van der Waals surface area contributed by atoms with E-state index in [1.165, 1.54) is 24.6 Å². The first-order chi connectivity index (χ1) is 14.4. The molecule has 2 aliphatic rings. The first-order valence-electron chi connectivity index (χ1n) is 10.4. The number of fused-ring (bicyclic) bond motifs is 1. The summed E-state index contributed by atoms with van der Waals surface area (Å²) in [6.45, 7) is 3.89. The van der Waals surface area contributed by atoms with Crippen LogP contribution in [0.15, 0.2) is 42.5 Å². The molecule has 1 saturated heterocycles. The highest BCUT2D eigenvalue weighted by Gasteiger charge is 2.28. The molecule has 1 unspecified atom stereocenters. The van der Waals surface area contributed by atoms with Crippen molar-refractivity contribution in [3.8, 4) is 11.5 Å². The van der Waals surface area contributed by atoms with Crippen LogP contribution in [0.3, 0.4) is 0 Å². The lowest BCUT2D eigenvalue weighted by atomic mass is 9.99. The summed E-state index contributed by atoms with van der Waals surface area (Å²) in [5.41, 5.74) is 2.20. The number of carbonyl (C=O) groups excluding carboxylic acids is 1. The Morgan fingerprint density at radius 1 is 1.20 bits per heavy atom. The second-order valence-corrected chi connectivity index (χ2v) is 7.80. The van der Waals surface area contributed by atoms with E-state index >= 15 is 0 Å². The normalized spacial score (nSPS) is 18.8. The third kappa shape index (κ3) is 4.56. The van der Waals surface area contributed by atoms with Gasteiger partial charge >= 0.3 is 6.03 Å². The zero-order valence-corrected chi connectivity index (χ0v) is 17.0. The molecule has 0 radical (unpaired) electrons. The molecule has 30 heavy (non-hydrogen) atoms. The molecule has 2 aromatic rings. The standard InChI is InChI=1S/C23H26F2N2O3/c1-2-23(24,25)18-4-7-20(8-5-18)30-21-6-3-16-9-11-27(14-17(16)13-21)22(28)26-19-10-12-29-15-19/h3-8,13,19H,2,9-12,14-15H2,1H3,(H,26,28). The van der Waals surface area contributed by atoms with Gasteiger partial charge in [0.2, 0.25) is 0 Å². The molecule has 2 aliphatic heterocycles. The summed E-state index contributed by atoms with van der Waals surface area (Å²) in [6, 6.07) is 11.7. The molecule has 0 spiro atoms. The summed E-state index contributed by atoms with van der Waals surface area (Å²) in [7, 11) is 0. The Labute approximate surface area is 175 Å². The Balaban J connectivity index is 1.42. The van der Waals surface area contributed by atoms with E-state index in [0.29, 0.717) is 37.8 Å². The summed E-state index contributed by atoms with van der Waals surface area (Å²) < 4.78 is 38.7. The fourth-order valence-electron chi connectivity index (χ4n) is 3.79. The van der Waals surface area contributed by atoms with Gasteiger partial charge in [0.05, 0.1) is 12.6 Å². The van der Waals surface area contributed by atoms with E-state index in [1.54, 1.807) is 17.0 Å². The van der Waals surface area contributed by atoms with E-state index in [0.717, 1.165) is 18.4 Å². The van der Waals surface area contributed by atoms with E-state index in [1.807, 2.05) is 18.2 Å². The minimum atomic E-state index is -2.83. The van der Waals surface area contributed by atoms with Crippen molar-refractivity contribution in [1.29, 1.82) is 0 Å². The molecule has 1 fully saturated rings. The Morgan fingerprint density at radius 2 is 1.97 bits per heavy atom. The minimum absolute atomic E-state index is 0.0166. The Bertz CT molecular complexity index is 896. The van der Waals surface area contributed by atoms with Crippen LogP contribution >= 0.6 is 0 Å². The number of hydrogen-bond acceptors (Lipinski definition) is 3. The Morgan fingerprint density at radius 3 is 2.67 bits per heavy atom. The van der Waals surface area contributed by atoms with E-state index in [4.69, 9.17) is 9.47 Å². The zero-order chi connectivity index (χ0) is 21.1. The molecule has 1 N–H and O–H groups in total. The minimum Gasteiger partial charge on any atom is -0.457 e. The predicted octanol–water partition coefficient (Wildman–Crippen LogP) is 4.84. The van der Waals surface area contributed by atoms with Crippen LogP contribution in [-0.4, -0.2) is 36.7 Å². The zero-order valence-electron chi connectivity index (χ0n) is 17.0. The number of ether oxygens (including phenoxy) is 2. The highest BCUT2D eigenvalue weighted by molar-refractivity contribution is 5.75. The maximum absolute atomic E-state index is 13.8. The van der Waals surface area contributed by atoms with Crippen LogP contribution in [0, 0.1) is 0 Å². The van der Waals surface area contributed by atoms with Gasteiger partial charge in [0.25, 0.3) is 5.92 Å². The van der Waals surface area contributed by atoms with Crippen molar-refractivity contribution < 1.29 is 23.0 Å². The van der Waals surface area contributed by atoms with Gasteiger partial charge in [0.15, 0.2) is 0 Å². The van der Waals surface area contributed by atoms with Gasteiger partial charge in [-0.25, -0.2) is 13.6 Å². The molecule has 0 bridgehead atoms. The molecule has 1 atom stereocenters. The lowest BCUT2D eigenvalue weighted by Gasteiger charge is -2.30. The second kappa shape index (κ2) is 8.60. The Kier molecular flexibility index (Phi) is 5.90. The van der Waals surface area contributed by atoms with Crippen molar-refractivity contribution in [3.05, 3.63) is 59.2 Å². The van der Waals surface area contributed by atoms with Gasteiger partial charge in [-0.2, -0.15) is 0 Å². The van der Waals surface area contributed by atoms with Crippen molar-refractivity contribution in [3.63, 3.8) is 0 Å². The average Bonchev–Trinajstić information content (AvgIpc) is 3.26. The van der Waals surface area contributed by atoms with Gasteiger partial charge in [-0.15, -0.1) is 0 Å². The number of rotatable bonds is 5. The van der Waals surface area contributed by atoms with E-state index < -0.39 is 5.92 Å². The van der Waals surface area contributed by atoms with Crippen LogP contribution in [-0.2, 0) is 23.6 Å². The van der Waals surface area contributed by atoms with Crippen molar-refractivity contribution in [2.24, 2.45) is 0 Å². The topological polar surface area (TPSA) is 50.8 Å². The fraction of sp³-hybridized carbons (Fsp3) is 0.435. The molecule has 4 rings (SSSR count). The molecule has 160 valence electrons. The quantitative estimate of drug-likeness (QED) is 0.759. The molecule has 0 saturated carbocycles. The number of carbonyl (C=O) groups is 1. The number of hydrogen-bond donors (Lipinski definition) is 1. The largest absolute Gasteiger partial charge is 0.457 e. The summed E-state index contributed by atoms with van der Waals surface area (Å²) in [5, 5.41) is 3.03. The van der Waals surface area contributed by atoms with Crippen LogP contribution < -0.4 is 10.1 Å². The highest BCUT2D eigenvalue weighted by atomic mass is 19.3. The number of urea groups is 1. The monoisotopic (exact) mass is 416 g/mol. The number of benzene rings is 2. The van der Waals surface area contributed by atoms with Crippen LogP contribution in [0.1, 0.15) is 36.5 Å². The maximum Gasteiger partial charge on any atom is 0.318 e. The van der Waals surface area contributed by atoms with Crippen molar-refractivity contribution >= 4 is 6.03 Å². The third-order valence-corrected chi connectivity index (χ3v) is 5.69. The number of nitrogens with one attached hydrogen (secondary N) is 1. The van der Waals surface area contributed by atoms with Crippen molar-refractivity contribution in [1.82, 2.24) is 10.2 Å². The van der Waals surface area contributed by atoms with Crippen LogP contribution in [0.25, 0.3) is 0 Å². The summed E-state index contributed by atoms with van der Waals surface area (Å²) in [6.07, 6.45) is 1.39. The van der Waals surface area contributed by atoms with Gasteiger partial charge in [-0.3, -0.25) is 0 Å². The van der Waals surface area contributed by atoms with Crippen LogP contribution in [0.4, 0.5) is 13.6 Å².